The third-order valence-corrected chi connectivity index (χ3v) is 6.83. The second-order valence-electron chi connectivity index (χ2n) is 6.64. The summed E-state index contributed by atoms with van der Waals surface area (Å²) in [4.78, 5) is 14.4. The summed E-state index contributed by atoms with van der Waals surface area (Å²) in [5.41, 5.74) is 2.52. The molecule has 22 heavy (non-hydrogen) atoms. The van der Waals surface area contributed by atoms with Crippen molar-refractivity contribution in [2.75, 3.05) is 18.6 Å². The smallest absolute Gasteiger partial charge is 0.226 e. The van der Waals surface area contributed by atoms with Crippen molar-refractivity contribution in [3.63, 3.8) is 0 Å². The fourth-order valence-corrected chi connectivity index (χ4v) is 4.99. The predicted octanol–water partition coefficient (Wildman–Crippen LogP) is 2.13. The standard InChI is InChI=1S/C17H23NO3S/c1-12-5-3-4-6-14(12)15-11-16(15)17(19)18(2)13-7-9-22(20,21)10-8-13/h3-6,13,15-16H,7-11H2,1-2H3/t15-,16+/m1/s1. The molecule has 1 aliphatic carbocycles. The van der Waals surface area contributed by atoms with Crippen molar-refractivity contribution in [2.45, 2.75) is 38.1 Å². The summed E-state index contributed by atoms with van der Waals surface area (Å²) in [5.74, 6) is 1.01. The Labute approximate surface area is 132 Å². The topological polar surface area (TPSA) is 54.5 Å². The van der Waals surface area contributed by atoms with Gasteiger partial charge in [-0.2, -0.15) is 0 Å². The van der Waals surface area contributed by atoms with E-state index in [1.807, 2.05) is 19.2 Å². The molecular formula is C17H23NO3S. The third-order valence-electron chi connectivity index (χ3n) is 5.12. The predicted molar refractivity (Wildman–Crippen MR) is 86.5 cm³/mol. The van der Waals surface area contributed by atoms with Crippen molar-refractivity contribution in [3.8, 4) is 0 Å². The van der Waals surface area contributed by atoms with E-state index in [-0.39, 0.29) is 29.4 Å². The summed E-state index contributed by atoms with van der Waals surface area (Å²) < 4.78 is 23.0. The van der Waals surface area contributed by atoms with E-state index in [0.717, 1.165) is 6.42 Å². The van der Waals surface area contributed by atoms with Crippen molar-refractivity contribution >= 4 is 15.7 Å². The zero-order valence-corrected chi connectivity index (χ0v) is 14.0. The van der Waals surface area contributed by atoms with Crippen molar-refractivity contribution in [3.05, 3.63) is 35.4 Å². The normalized spacial score (nSPS) is 27.4. The first-order chi connectivity index (χ1) is 10.4. The van der Waals surface area contributed by atoms with Gasteiger partial charge >= 0.3 is 0 Å². The molecule has 1 saturated heterocycles. The minimum atomic E-state index is -2.88. The summed E-state index contributed by atoms with van der Waals surface area (Å²) in [6.07, 6.45) is 2.07. The first kappa shape index (κ1) is 15.5. The van der Waals surface area contributed by atoms with Gasteiger partial charge in [-0.1, -0.05) is 24.3 Å². The third kappa shape index (κ3) is 3.05. The number of nitrogens with zero attached hydrogens (tertiary/aromatic N) is 1. The molecule has 120 valence electrons. The summed E-state index contributed by atoms with van der Waals surface area (Å²) in [7, 11) is -1.05. The lowest BCUT2D eigenvalue weighted by atomic mass is 10.0. The summed E-state index contributed by atoms with van der Waals surface area (Å²) >= 11 is 0. The maximum Gasteiger partial charge on any atom is 0.226 e. The number of hydrogen-bond donors (Lipinski definition) is 0. The Morgan fingerprint density at radius 3 is 2.45 bits per heavy atom. The number of amides is 1. The van der Waals surface area contributed by atoms with E-state index in [1.54, 1.807) is 4.90 Å². The van der Waals surface area contributed by atoms with Crippen LogP contribution in [0.5, 0.6) is 0 Å². The number of carbonyl (C=O) groups excluding carboxylic acids is 1. The molecule has 1 aromatic carbocycles. The maximum atomic E-state index is 12.6. The van der Waals surface area contributed by atoms with Crippen LogP contribution in [0, 0.1) is 12.8 Å². The molecule has 0 aromatic heterocycles. The van der Waals surface area contributed by atoms with Gasteiger partial charge in [0.15, 0.2) is 0 Å². The number of rotatable bonds is 3. The molecule has 0 bridgehead atoms. The fourth-order valence-electron chi connectivity index (χ4n) is 3.52. The largest absolute Gasteiger partial charge is 0.342 e. The molecule has 0 N–H and O–H groups in total. The number of sulfone groups is 1. The van der Waals surface area contributed by atoms with E-state index in [0.29, 0.717) is 18.8 Å². The van der Waals surface area contributed by atoms with E-state index in [1.165, 1.54) is 11.1 Å². The van der Waals surface area contributed by atoms with Crippen LogP contribution < -0.4 is 0 Å². The van der Waals surface area contributed by atoms with Crippen LogP contribution in [-0.2, 0) is 14.6 Å². The van der Waals surface area contributed by atoms with E-state index >= 15 is 0 Å². The van der Waals surface area contributed by atoms with Gasteiger partial charge in [0.2, 0.25) is 5.91 Å². The van der Waals surface area contributed by atoms with Gasteiger partial charge < -0.3 is 4.90 Å². The van der Waals surface area contributed by atoms with E-state index < -0.39 is 9.84 Å². The van der Waals surface area contributed by atoms with Crippen LogP contribution in [-0.4, -0.2) is 43.8 Å². The average Bonchev–Trinajstić information content (AvgIpc) is 3.26. The zero-order valence-electron chi connectivity index (χ0n) is 13.2. The maximum absolute atomic E-state index is 12.6. The zero-order chi connectivity index (χ0) is 15.9. The number of carbonyl (C=O) groups is 1. The molecule has 1 amide bonds. The van der Waals surface area contributed by atoms with E-state index in [2.05, 4.69) is 19.1 Å². The Morgan fingerprint density at radius 1 is 1.18 bits per heavy atom. The monoisotopic (exact) mass is 321 g/mol. The van der Waals surface area contributed by atoms with Crippen molar-refractivity contribution in [1.82, 2.24) is 4.90 Å². The van der Waals surface area contributed by atoms with Gasteiger partial charge in [0.1, 0.15) is 9.84 Å². The van der Waals surface area contributed by atoms with Crippen LogP contribution in [0.25, 0.3) is 0 Å². The lowest BCUT2D eigenvalue weighted by molar-refractivity contribution is -0.133. The van der Waals surface area contributed by atoms with E-state index in [9.17, 15) is 13.2 Å². The van der Waals surface area contributed by atoms with Crippen LogP contribution in [0.3, 0.4) is 0 Å². The molecule has 0 radical (unpaired) electrons. The van der Waals surface area contributed by atoms with Gasteiger partial charge in [-0.3, -0.25) is 4.79 Å². The molecule has 0 unspecified atom stereocenters. The Morgan fingerprint density at radius 2 is 1.82 bits per heavy atom. The highest BCUT2D eigenvalue weighted by Crippen LogP contribution is 2.49. The Balaban J connectivity index is 1.63. The second kappa shape index (κ2) is 5.69. The molecule has 1 aliphatic heterocycles. The molecule has 0 spiro atoms. The quantitative estimate of drug-likeness (QED) is 0.857. The van der Waals surface area contributed by atoms with Crippen LogP contribution in [0.4, 0.5) is 0 Å². The minimum absolute atomic E-state index is 0.0737. The average molecular weight is 321 g/mol. The van der Waals surface area contributed by atoms with E-state index in [4.69, 9.17) is 0 Å². The second-order valence-corrected chi connectivity index (χ2v) is 8.94. The number of aryl methyl sites for hydroxylation is 1. The van der Waals surface area contributed by atoms with Crippen LogP contribution in [0.1, 0.15) is 36.3 Å². The molecule has 5 heteroatoms. The summed E-state index contributed by atoms with van der Waals surface area (Å²) in [6.45, 7) is 2.09. The van der Waals surface area contributed by atoms with Crippen LogP contribution in [0.15, 0.2) is 24.3 Å². The Bertz CT molecular complexity index is 669. The minimum Gasteiger partial charge on any atom is -0.342 e. The van der Waals surface area contributed by atoms with Crippen molar-refractivity contribution in [1.29, 1.82) is 0 Å². The first-order valence-corrected chi connectivity index (χ1v) is 9.74. The highest BCUT2D eigenvalue weighted by molar-refractivity contribution is 7.91. The molecular weight excluding hydrogens is 298 g/mol. The van der Waals surface area contributed by atoms with Crippen molar-refractivity contribution < 1.29 is 13.2 Å². The van der Waals surface area contributed by atoms with Crippen molar-refractivity contribution in [2.24, 2.45) is 5.92 Å². The van der Waals surface area contributed by atoms with Gasteiger partial charge in [-0.05, 0) is 43.2 Å². The lowest BCUT2D eigenvalue weighted by Gasteiger charge is -2.31. The Kier molecular flexibility index (Phi) is 4.02. The van der Waals surface area contributed by atoms with Gasteiger partial charge in [0, 0.05) is 19.0 Å². The lowest BCUT2D eigenvalue weighted by Crippen LogP contribution is -2.43. The molecule has 2 fully saturated rings. The molecule has 1 aromatic rings. The van der Waals surface area contributed by atoms with Gasteiger partial charge in [-0.25, -0.2) is 8.42 Å². The highest BCUT2D eigenvalue weighted by atomic mass is 32.2. The van der Waals surface area contributed by atoms with Crippen LogP contribution in [0.2, 0.25) is 0 Å². The molecule has 1 saturated carbocycles. The highest BCUT2D eigenvalue weighted by Gasteiger charge is 2.46. The molecule has 3 rings (SSSR count). The van der Waals surface area contributed by atoms with Gasteiger partial charge in [0.05, 0.1) is 11.5 Å². The molecule has 1 heterocycles. The van der Waals surface area contributed by atoms with Gasteiger partial charge in [-0.15, -0.1) is 0 Å². The fraction of sp³-hybridized carbons (Fsp3) is 0.588. The molecule has 2 atom stereocenters. The number of hydrogen-bond acceptors (Lipinski definition) is 3. The Hall–Kier alpha value is -1.36. The summed E-state index contributed by atoms with van der Waals surface area (Å²) in [5, 5.41) is 0. The molecule has 4 nitrogen and oxygen atoms in total. The number of benzene rings is 1. The SMILES string of the molecule is Cc1ccccc1[C@H]1C[C@@H]1C(=O)N(C)C1CCS(=O)(=O)CC1. The van der Waals surface area contributed by atoms with Gasteiger partial charge in [0.25, 0.3) is 0 Å². The molecule has 2 aliphatic rings. The first-order valence-electron chi connectivity index (χ1n) is 7.91. The summed E-state index contributed by atoms with van der Waals surface area (Å²) in [6, 6.07) is 8.32. The van der Waals surface area contributed by atoms with Crippen LogP contribution >= 0.6 is 0 Å².